The number of alkyl halides is 3. The number of hydrogen-bond acceptors (Lipinski definition) is 8. The SMILES string of the molecule is CN(c1ccc(NC(=O)Cc2ccc(OC(F)(F)F)cc2)cc1)c1ccnc(Nc2cccc(S(N)(=O)=O)c2)n1. The molecule has 208 valence electrons. The molecule has 0 spiro atoms. The van der Waals surface area contributed by atoms with Gasteiger partial charge in [0.2, 0.25) is 21.9 Å². The lowest BCUT2D eigenvalue weighted by Gasteiger charge is -2.19. The summed E-state index contributed by atoms with van der Waals surface area (Å²) >= 11 is 0. The van der Waals surface area contributed by atoms with Crippen LogP contribution in [0.1, 0.15) is 5.56 Å². The van der Waals surface area contributed by atoms with Crippen LogP contribution in [0.3, 0.4) is 0 Å². The smallest absolute Gasteiger partial charge is 0.406 e. The maximum atomic E-state index is 12.4. The van der Waals surface area contributed by atoms with Gasteiger partial charge in [-0.15, -0.1) is 13.2 Å². The molecule has 0 saturated carbocycles. The summed E-state index contributed by atoms with van der Waals surface area (Å²) in [5.41, 5.74) is 2.24. The molecule has 14 heteroatoms. The number of nitrogens with one attached hydrogen (secondary N) is 2. The molecule has 4 rings (SSSR count). The first-order valence-electron chi connectivity index (χ1n) is 11.6. The molecule has 0 aliphatic carbocycles. The van der Waals surface area contributed by atoms with Gasteiger partial charge >= 0.3 is 6.36 Å². The molecular weight excluding hydrogens is 549 g/mol. The van der Waals surface area contributed by atoms with E-state index in [-0.39, 0.29) is 28.9 Å². The minimum absolute atomic E-state index is 0.0369. The van der Waals surface area contributed by atoms with E-state index in [4.69, 9.17) is 5.14 Å². The third kappa shape index (κ3) is 7.91. The summed E-state index contributed by atoms with van der Waals surface area (Å²) in [5.74, 6) is 0.0652. The molecule has 0 unspecified atom stereocenters. The Morgan fingerprint density at radius 3 is 2.35 bits per heavy atom. The van der Waals surface area contributed by atoms with Gasteiger partial charge in [-0.25, -0.2) is 18.5 Å². The molecule has 0 fully saturated rings. The summed E-state index contributed by atoms with van der Waals surface area (Å²) in [6.07, 6.45) is -3.28. The predicted octanol–water partition coefficient (Wildman–Crippen LogP) is 4.72. The average molecular weight is 573 g/mol. The second kappa shape index (κ2) is 11.6. The van der Waals surface area contributed by atoms with Gasteiger partial charge in [-0.05, 0) is 66.2 Å². The van der Waals surface area contributed by atoms with E-state index in [9.17, 15) is 26.4 Å². The molecule has 0 atom stereocenters. The Balaban J connectivity index is 1.37. The zero-order chi connectivity index (χ0) is 28.9. The summed E-state index contributed by atoms with van der Waals surface area (Å²) in [6, 6.07) is 19.6. The maximum absolute atomic E-state index is 12.4. The van der Waals surface area contributed by atoms with Crippen molar-refractivity contribution in [2.45, 2.75) is 17.7 Å². The van der Waals surface area contributed by atoms with E-state index in [2.05, 4.69) is 25.3 Å². The molecule has 0 saturated heterocycles. The van der Waals surface area contributed by atoms with Gasteiger partial charge in [-0.2, -0.15) is 4.98 Å². The van der Waals surface area contributed by atoms with Crippen LogP contribution in [0.25, 0.3) is 0 Å². The minimum Gasteiger partial charge on any atom is -0.406 e. The largest absolute Gasteiger partial charge is 0.573 e. The number of halogens is 3. The number of rotatable bonds is 9. The van der Waals surface area contributed by atoms with Crippen LogP contribution >= 0.6 is 0 Å². The molecule has 0 bridgehead atoms. The van der Waals surface area contributed by atoms with Gasteiger partial charge < -0.3 is 20.3 Å². The fourth-order valence-electron chi connectivity index (χ4n) is 3.58. The van der Waals surface area contributed by atoms with Crippen LogP contribution in [0.2, 0.25) is 0 Å². The molecular formula is C26H23F3N6O4S. The van der Waals surface area contributed by atoms with E-state index < -0.39 is 16.4 Å². The lowest BCUT2D eigenvalue weighted by Crippen LogP contribution is -2.17. The average Bonchev–Trinajstić information content (AvgIpc) is 2.89. The number of sulfonamides is 1. The van der Waals surface area contributed by atoms with E-state index in [1.165, 1.54) is 24.3 Å². The summed E-state index contributed by atoms with van der Waals surface area (Å²) in [4.78, 5) is 22.8. The number of nitrogens with two attached hydrogens (primary N) is 1. The van der Waals surface area contributed by atoms with Crippen LogP contribution in [-0.2, 0) is 21.2 Å². The highest BCUT2D eigenvalue weighted by Gasteiger charge is 2.31. The summed E-state index contributed by atoms with van der Waals surface area (Å²) in [6.45, 7) is 0. The molecule has 10 nitrogen and oxygen atoms in total. The molecule has 1 amide bonds. The van der Waals surface area contributed by atoms with Crippen LogP contribution in [-0.4, -0.2) is 37.7 Å². The Kier molecular flexibility index (Phi) is 8.21. The van der Waals surface area contributed by atoms with E-state index in [1.807, 2.05) is 0 Å². The number of ether oxygens (including phenoxy) is 1. The van der Waals surface area contributed by atoms with Gasteiger partial charge in [0.15, 0.2) is 0 Å². The monoisotopic (exact) mass is 572 g/mol. The first-order chi connectivity index (χ1) is 18.9. The summed E-state index contributed by atoms with van der Waals surface area (Å²) in [5, 5.41) is 10.9. The third-order valence-corrected chi connectivity index (χ3v) is 6.37. The lowest BCUT2D eigenvalue weighted by atomic mass is 10.1. The molecule has 1 aromatic heterocycles. The van der Waals surface area contributed by atoms with Crippen molar-refractivity contribution in [3.8, 4) is 5.75 Å². The van der Waals surface area contributed by atoms with E-state index in [1.54, 1.807) is 60.6 Å². The summed E-state index contributed by atoms with van der Waals surface area (Å²) in [7, 11) is -2.08. The predicted molar refractivity (Wildman–Crippen MR) is 143 cm³/mol. The van der Waals surface area contributed by atoms with Crippen molar-refractivity contribution in [2.75, 3.05) is 22.6 Å². The van der Waals surface area contributed by atoms with Gasteiger partial charge in [0.05, 0.1) is 11.3 Å². The molecule has 0 aliphatic rings. The van der Waals surface area contributed by atoms with Crippen molar-refractivity contribution in [1.29, 1.82) is 0 Å². The second-order valence-corrected chi connectivity index (χ2v) is 10.0. The van der Waals surface area contributed by atoms with E-state index >= 15 is 0 Å². The number of nitrogens with zero attached hydrogens (tertiary/aromatic N) is 3. The van der Waals surface area contributed by atoms with Crippen LogP contribution in [0.4, 0.5) is 42.0 Å². The second-order valence-electron chi connectivity index (χ2n) is 8.46. The number of carbonyl (C=O) groups is 1. The lowest BCUT2D eigenvalue weighted by molar-refractivity contribution is -0.274. The molecule has 0 aliphatic heterocycles. The quantitative estimate of drug-likeness (QED) is 0.262. The number of amides is 1. The van der Waals surface area contributed by atoms with Gasteiger partial charge in [0.25, 0.3) is 0 Å². The normalized spacial score (nSPS) is 11.5. The first kappa shape index (κ1) is 28.3. The fraction of sp³-hybridized carbons (Fsp3) is 0.115. The first-order valence-corrected chi connectivity index (χ1v) is 13.1. The Bertz CT molecular complexity index is 1600. The molecule has 4 N–H and O–H groups in total. The third-order valence-electron chi connectivity index (χ3n) is 5.46. The van der Waals surface area contributed by atoms with Crippen LogP contribution in [0.5, 0.6) is 5.75 Å². The number of hydrogen-bond donors (Lipinski definition) is 3. The van der Waals surface area contributed by atoms with Crippen LogP contribution in [0.15, 0.2) is 90.0 Å². The van der Waals surface area contributed by atoms with Crippen LogP contribution < -0.4 is 25.4 Å². The highest BCUT2D eigenvalue weighted by atomic mass is 32.2. The molecule has 40 heavy (non-hydrogen) atoms. The molecule has 1 heterocycles. The Morgan fingerprint density at radius 1 is 1.00 bits per heavy atom. The van der Waals surface area contributed by atoms with Crippen molar-refractivity contribution in [2.24, 2.45) is 5.14 Å². The minimum atomic E-state index is -4.78. The highest BCUT2D eigenvalue weighted by Crippen LogP contribution is 2.26. The fourth-order valence-corrected chi connectivity index (χ4v) is 4.14. The molecule has 3 aromatic carbocycles. The van der Waals surface area contributed by atoms with Crippen molar-refractivity contribution < 1.29 is 31.1 Å². The standard InChI is InChI=1S/C26H23F3N6O4S/c1-35(23-13-14-31-25(34-23)33-19-3-2-4-22(16-19)40(30,37)38)20-9-7-18(8-10-20)32-24(36)15-17-5-11-21(12-6-17)39-26(27,28)29/h2-14,16H,15H2,1H3,(H,32,36)(H2,30,37,38)(H,31,33,34). The van der Waals surface area contributed by atoms with Gasteiger partial charge in [-0.1, -0.05) is 18.2 Å². The van der Waals surface area contributed by atoms with Crippen molar-refractivity contribution in [1.82, 2.24) is 9.97 Å². The number of benzene rings is 3. The zero-order valence-corrected chi connectivity index (χ0v) is 21.7. The highest BCUT2D eigenvalue weighted by molar-refractivity contribution is 7.89. The zero-order valence-electron chi connectivity index (χ0n) is 20.9. The van der Waals surface area contributed by atoms with Gasteiger partial charge in [0, 0.05) is 30.3 Å². The van der Waals surface area contributed by atoms with Crippen molar-refractivity contribution in [3.63, 3.8) is 0 Å². The number of carbonyl (C=O) groups excluding carboxylic acids is 1. The number of anilines is 5. The number of primary sulfonamides is 1. The number of aromatic nitrogens is 2. The van der Waals surface area contributed by atoms with E-state index in [0.29, 0.717) is 22.8 Å². The topological polar surface area (TPSA) is 140 Å². The van der Waals surface area contributed by atoms with E-state index in [0.717, 1.165) is 17.8 Å². The maximum Gasteiger partial charge on any atom is 0.573 e. The van der Waals surface area contributed by atoms with Gasteiger partial charge in [-0.3, -0.25) is 4.79 Å². The molecule has 4 aromatic rings. The Hall–Kier alpha value is -4.69. The van der Waals surface area contributed by atoms with Crippen LogP contribution in [0, 0.1) is 0 Å². The van der Waals surface area contributed by atoms with Crippen molar-refractivity contribution >= 4 is 44.8 Å². The molecule has 0 radical (unpaired) electrons. The Morgan fingerprint density at radius 2 is 1.70 bits per heavy atom. The van der Waals surface area contributed by atoms with Crippen molar-refractivity contribution in [3.05, 3.63) is 90.6 Å². The van der Waals surface area contributed by atoms with Gasteiger partial charge in [0.1, 0.15) is 11.6 Å². The Labute approximate surface area is 227 Å². The summed E-state index contributed by atoms with van der Waals surface area (Å²) < 4.78 is 63.9.